The van der Waals surface area contributed by atoms with Gasteiger partial charge in [0.15, 0.2) is 0 Å². The maximum absolute atomic E-state index is 13.1. The average molecular weight is 399 g/mol. The highest BCUT2D eigenvalue weighted by Crippen LogP contribution is 2.38. The molecule has 156 valence electrons. The van der Waals surface area contributed by atoms with Crippen LogP contribution in [0.3, 0.4) is 0 Å². The molecule has 0 unspecified atom stereocenters. The van der Waals surface area contributed by atoms with Crippen LogP contribution in [0.5, 0.6) is 0 Å². The van der Waals surface area contributed by atoms with Crippen LogP contribution in [0.1, 0.15) is 45.4 Å². The van der Waals surface area contributed by atoms with E-state index in [-0.39, 0.29) is 29.7 Å². The van der Waals surface area contributed by atoms with Crippen LogP contribution in [-0.4, -0.2) is 52.9 Å². The molecule has 2 saturated heterocycles. The quantitative estimate of drug-likeness (QED) is 0.764. The molecule has 1 saturated carbocycles. The van der Waals surface area contributed by atoms with E-state index < -0.39 is 5.54 Å². The minimum absolute atomic E-state index is 0.0423. The molecule has 7 nitrogen and oxygen atoms in total. The van der Waals surface area contributed by atoms with Gasteiger partial charge in [0.05, 0.1) is 6.67 Å². The molecule has 1 spiro atoms. The van der Waals surface area contributed by atoms with E-state index in [2.05, 4.69) is 22.5 Å². The van der Waals surface area contributed by atoms with Crippen molar-refractivity contribution in [2.75, 3.05) is 25.1 Å². The Morgan fingerprint density at radius 1 is 1.14 bits per heavy atom. The van der Waals surface area contributed by atoms with E-state index in [9.17, 15) is 14.4 Å². The predicted molar refractivity (Wildman–Crippen MR) is 110 cm³/mol. The van der Waals surface area contributed by atoms with Crippen LogP contribution in [0.4, 0.5) is 10.5 Å². The van der Waals surface area contributed by atoms with E-state index in [1.165, 1.54) is 4.90 Å². The van der Waals surface area contributed by atoms with Crippen molar-refractivity contribution in [1.29, 1.82) is 0 Å². The van der Waals surface area contributed by atoms with Gasteiger partial charge in [0.1, 0.15) is 5.54 Å². The molecular formula is C22H30N4O3. The summed E-state index contributed by atoms with van der Waals surface area (Å²) in [6, 6.07) is 9.21. The summed E-state index contributed by atoms with van der Waals surface area (Å²) in [5.74, 6) is 0.101. The Morgan fingerprint density at radius 2 is 1.86 bits per heavy atom. The lowest BCUT2D eigenvalue weighted by atomic mass is 9.73. The maximum atomic E-state index is 13.1. The number of amides is 4. The van der Waals surface area contributed by atoms with Crippen LogP contribution in [-0.2, 0) is 9.59 Å². The normalized spacial score (nSPS) is 28.6. The minimum Gasteiger partial charge on any atom is -0.326 e. The van der Waals surface area contributed by atoms with E-state index >= 15 is 0 Å². The summed E-state index contributed by atoms with van der Waals surface area (Å²) in [6.45, 7) is 3.78. The lowest BCUT2D eigenvalue weighted by molar-refractivity contribution is -0.136. The van der Waals surface area contributed by atoms with Crippen LogP contribution < -0.4 is 10.6 Å². The van der Waals surface area contributed by atoms with Crippen molar-refractivity contribution in [3.05, 3.63) is 30.3 Å². The Bertz CT molecular complexity index is 776. The average Bonchev–Trinajstić information content (AvgIpc) is 2.96. The number of benzene rings is 1. The van der Waals surface area contributed by atoms with Crippen molar-refractivity contribution in [3.63, 3.8) is 0 Å². The number of likely N-dealkylation sites (tertiary alicyclic amines) is 1. The molecule has 0 bridgehead atoms. The molecule has 29 heavy (non-hydrogen) atoms. The first-order valence-electron chi connectivity index (χ1n) is 10.7. The van der Waals surface area contributed by atoms with Gasteiger partial charge in [-0.1, -0.05) is 38.0 Å². The van der Waals surface area contributed by atoms with Gasteiger partial charge in [-0.05, 0) is 43.7 Å². The van der Waals surface area contributed by atoms with Gasteiger partial charge in [-0.15, -0.1) is 0 Å². The second-order valence-electron chi connectivity index (χ2n) is 8.67. The number of urea groups is 1. The maximum Gasteiger partial charge on any atom is 0.326 e. The number of para-hydroxylation sites is 1. The minimum atomic E-state index is -0.705. The van der Waals surface area contributed by atoms with Gasteiger partial charge in [0, 0.05) is 24.7 Å². The molecule has 0 aromatic heterocycles. The number of carbonyl (C=O) groups excluding carboxylic acids is 3. The zero-order valence-electron chi connectivity index (χ0n) is 17.0. The summed E-state index contributed by atoms with van der Waals surface area (Å²) in [6.07, 6.45) is 5.25. The topological polar surface area (TPSA) is 81.8 Å². The number of hydrogen-bond acceptors (Lipinski definition) is 4. The standard InChI is InChI=1S/C22H30N4O3/c1-16-7-5-6-12-22(16)20(28)26(21(29)24-22)15-25-13-10-17(11-14-25)19(27)23-18-8-3-2-4-9-18/h2-4,8-9,16-17H,5-7,10-15H2,1H3,(H,23,27)(H,24,29)/t16-,22+/m1/s1. The molecule has 2 aliphatic heterocycles. The predicted octanol–water partition coefficient (Wildman–Crippen LogP) is 2.80. The van der Waals surface area contributed by atoms with Crippen molar-refractivity contribution < 1.29 is 14.4 Å². The van der Waals surface area contributed by atoms with Crippen molar-refractivity contribution in [2.24, 2.45) is 11.8 Å². The van der Waals surface area contributed by atoms with Crippen molar-refractivity contribution in [2.45, 2.75) is 51.0 Å². The van der Waals surface area contributed by atoms with Gasteiger partial charge >= 0.3 is 6.03 Å². The molecule has 7 heteroatoms. The zero-order chi connectivity index (χ0) is 20.4. The van der Waals surface area contributed by atoms with E-state index in [0.717, 1.165) is 44.2 Å². The molecular weight excluding hydrogens is 368 g/mol. The first-order chi connectivity index (χ1) is 14.0. The molecule has 4 rings (SSSR count). The summed E-state index contributed by atoms with van der Waals surface area (Å²) in [7, 11) is 0. The lowest BCUT2D eigenvalue weighted by Gasteiger charge is -2.37. The van der Waals surface area contributed by atoms with Crippen LogP contribution in [0, 0.1) is 11.8 Å². The highest BCUT2D eigenvalue weighted by atomic mass is 16.2. The van der Waals surface area contributed by atoms with E-state index in [1.54, 1.807) is 0 Å². The number of anilines is 1. The Balaban J connectivity index is 1.31. The Labute approximate surface area is 171 Å². The molecule has 2 heterocycles. The number of rotatable bonds is 4. The monoisotopic (exact) mass is 398 g/mol. The Kier molecular flexibility index (Phi) is 5.58. The summed E-state index contributed by atoms with van der Waals surface area (Å²) >= 11 is 0. The Hall–Kier alpha value is -2.41. The van der Waals surface area contributed by atoms with E-state index in [0.29, 0.717) is 19.8 Å². The third-order valence-electron chi connectivity index (χ3n) is 6.84. The number of hydrogen-bond donors (Lipinski definition) is 2. The smallest absolute Gasteiger partial charge is 0.326 e. The first kappa shape index (κ1) is 19.9. The van der Waals surface area contributed by atoms with Crippen LogP contribution in [0.15, 0.2) is 30.3 Å². The second kappa shape index (κ2) is 8.14. The SMILES string of the molecule is C[C@@H]1CCCC[C@]12NC(=O)N(CN1CCC(C(=O)Nc3ccccc3)CC1)C2=O. The van der Waals surface area contributed by atoms with Crippen molar-refractivity contribution in [3.8, 4) is 0 Å². The number of imide groups is 1. The number of nitrogens with one attached hydrogen (secondary N) is 2. The summed E-state index contributed by atoms with van der Waals surface area (Å²) < 4.78 is 0. The van der Waals surface area contributed by atoms with Gasteiger partial charge in [0.25, 0.3) is 5.91 Å². The molecule has 0 radical (unpaired) electrons. The molecule has 3 aliphatic rings. The largest absolute Gasteiger partial charge is 0.326 e. The van der Waals surface area contributed by atoms with E-state index in [4.69, 9.17) is 0 Å². The molecule has 2 atom stereocenters. The molecule has 1 aromatic carbocycles. The molecule has 1 aromatic rings. The van der Waals surface area contributed by atoms with Crippen LogP contribution in [0.2, 0.25) is 0 Å². The summed E-state index contributed by atoms with van der Waals surface area (Å²) in [5, 5.41) is 5.98. The third-order valence-corrected chi connectivity index (χ3v) is 6.84. The first-order valence-corrected chi connectivity index (χ1v) is 10.7. The fourth-order valence-corrected chi connectivity index (χ4v) is 4.93. The van der Waals surface area contributed by atoms with Crippen molar-refractivity contribution >= 4 is 23.5 Å². The highest BCUT2D eigenvalue weighted by Gasteiger charge is 2.55. The van der Waals surface area contributed by atoms with Crippen LogP contribution in [0.25, 0.3) is 0 Å². The second-order valence-corrected chi connectivity index (χ2v) is 8.67. The molecule has 2 N–H and O–H groups in total. The molecule has 4 amide bonds. The number of nitrogens with zero attached hydrogens (tertiary/aromatic N) is 2. The third kappa shape index (κ3) is 3.88. The summed E-state index contributed by atoms with van der Waals surface area (Å²) in [4.78, 5) is 41.7. The van der Waals surface area contributed by atoms with Gasteiger partial charge in [-0.3, -0.25) is 14.5 Å². The number of piperidine rings is 1. The van der Waals surface area contributed by atoms with Gasteiger partial charge in [0.2, 0.25) is 5.91 Å². The number of carbonyl (C=O) groups is 3. The fourth-order valence-electron chi connectivity index (χ4n) is 4.93. The van der Waals surface area contributed by atoms with Crippen molar-refractivity contribution in [1.82, 2.24) is 15.1 Å². The van der Waals surface area contributed by atoms with Crippen LogP contribution >= 0.6 is 0 Å². The summed E-state index contributed by atoms with van der Waals surface area (Å²) in [5.41, 5.74) is 0.106. The van der Waals surface area contributed by atoms with Gasteiger partial charge in [-0.25, -0.2) is 9.69 Å². The fraction of sp³-hybridized carbons (Fsp3) is 0.591. The Morgan fingerprint density at radius 3 is 2.55 bits per heavy atom. The van der Waals surface area contributed by atoms with Gasteiger partial charge < -0.3 is 10.6 Å². The lowest BCUT2D eigenvalue weighted by Crippen LogP contribution is -2.54. The van der Waals surface area contributed by atoms with Gasteiger partial charge in [-0.2, -0.15) is 0 Å². The zero-order valence-corrected chi connectivity index (χ0v) is 17.0. The highest BCUT2D eigenvalue weighted by molar-refractivity contribution is 6.07. The molecule has 3 fully saturated rings. The molecule has 1 aliphatic carbocycles. The van der Waals surface area contributed by atoms with E-state index in [1.807, 2.05) is 30.3 Å².